The van der Waals surface area contributed by atoms with E-state index in [1.54, 1.807) is 0 Å². The highest BCUT2D eigenvalue weighted by Gasteiger charge is 2.14. The van der Waals surface area contributed by atoms with E-state index >= 15 is 0 Å². The molecule has 0 aliphatic carbocycles. The normalized spacial score (nSPS) is 11.5. The second-order valence-electron chi connectivity index (χ2n) is 7.49. The van der Waals surface area contributed by atoms with Crippen LogP contribution >= 0.6 is 0 Å². The van der Waals surface area contributed by atoms with Gasteiger partial charge in [0, 0.05) is 22.5 Å². The van der Waals surface area contributed by atoms with E-state index in [2.05, 4.69) is 86.0 Å². The van der Waals surface area contributed by atoms with E-state index in [0.717, 1.165) is 33.2 Å². The Bertz CT molecular complexity index is 1290. The van der Waals surface area contributed by atoms with E-state index in [1.165, 1.54) is 16.3 Å². The van der Waals surface area contributed by atoms with Gasteiger partial charge in [-0.2, -0.15) is 0 Å². The Morgan fingerprint density at radius 1 is 0.714 bits per heavy atom. The molecule has 0 bridgehead atoms. The summed E-state index contributed by atoms with van der Waals surface area (Å²) in [5.74, 6) is 0. The monoisotopic (exact) mass is 379 g/mol. The van der Waals surface area contributed by atoms with Gasteiger partial charge in [-0.15, -0.1) is 0 Å². The summed E-state index contributed by atoms with van der Waals surface area (Å²) in [5.41, 5.74) is 6.53. The number of pyridine rings is 1. The van der Waals surface area contributed by atoms with E-state index in [-0.39, 0.29) is 0 Å². The quantitative estimate of drug-likeness (QED) is 0.359. The van der Waals surface area contributed by atoms with Crippen LogP contribution in [0.25, 0.3) is 44.3 Å². The molecular weight excluding hydrogens is 358 g/mol. The molecule has 5 aromatic rings. The van der Waals surface area contributed by atoms with Crippen LogP contribution < -0.4 is 5.19 Å². The molecular formula is C25H21NOSi. The van der Waals surface area contributed by atoms with Crippen molar-refractivity contribution in [3.05, 3.63) is 85.1 Å². The number of fused-ring (bicyclic) bond motifs is 3. The Labute approximate surface area is 166 Å². The molecule has 2 heterocycles. The average Bonchev–Trinajstić information content (AvgIpc) is 3.12. The average molecular weight is 380 g/mol. The van der Waals surface area contributed by atoms with Gasteiger partial charge in [-0.3, -0.25) is 4.98 Å². The molecule has 0 N–H and O–H groups in total. The molecule has 0 unspecified atom stereocenters. The number of hydrogen-bond acceptors (Lipinski definition) is 2. The molecule has 136 valence electrons. The SMILES string of the molecule is C[SiH](C)c1cnc(-c2ccc3oc4ccccc4c3c2)cc1-c1ccccc1. The zero-order valence-corrected chi connectivity index (χ0v) is 17.2. The summed E-state index contributed by atoms with van der Waals surface area (Å²) in [6.45, 7) is 4.71. The van der Waals surface area contributed by atoms with Gasteiger partial charge in [0.15, 0.2) is 0 Å². The zero-order valence-electron chi connectivity index (χ0n) is 16.0. The number of furan rings is 1. The third-order valence-electron chi connectivity index (χ3n) is 5.31. The van der Waals surface area contributed by atoms with Gasteiger partial charge < -0.3 is 4.42 Å². The van der Waals surface area contributed by atoms with Crippen molar-refractivity contribution in [3.63, 3.8) is 0 Å². The van der Waals surface area contributed by atoms with Crippen LogP contribution in [0.3, 0.4) is 0 Å². The number of hydrogen-bond donors (Lipinski definition) is 0. The molecule has 0 fully saturated rings. The van der Waals surface area contributed by atoms with Gasteiger partial charge in [0.2, 0.25) is 0 Å². The summed E-state index contributed by atoms with van der Waals surface area (Å²) >= 11 is 0. The summed E-state index contributed by atoms with van der Waals surface area (Å²) in [5, 5.41) is 3.69. The molecule has 0 saturated carbocycles. The molecule has 2 aromatic heterocycles. The number of para-hydroxylation sites is 1. The molecule has 0 atom stereocenters. The smallest absolute Gasteiger partial charge is 0.135 e. The fourth-order valence-electron chi connectivity index (χ4n) is 3.84. The van der Waals surface area contributed by atoms with E-state index in [9.17, 15) is 0 Å². The van der Waals surface area contributed by atoms with E-state index in [0.29, 0.717) is 0 Å². The minimum atomic E-state index is -0.994. The highest BCUT2D eigenvalue weighted by molar-refractivity contribution is 6.72. The molecule has 0 aliphatic rings. The second kappa shape index (κ2) is 6.77. The number of aromatic nitrogens is 1. The Kier molecular flexibility index (Phi) is 4.10. The highest BCUT2D eigenvalue weighted by Crippen LogP contribution is 2.32. The minimum absolute atomic E-state index is 0.916. The Hall–Kier alpha value is -3.17. The number of rotatable bonds is 3. The molecule has 2 nitrogen and oxygen atoms in total. The van der Waals surface area contributed by atoms with Crippen molar-refractivity contribution >= 4 is 35.9 Å². The summed E-state index contributed by atoms with van der Waals surface area (Å²) < 4.78 is 5.97. The van der Waals surface area contributed by atoms with Crippen LogP contribution in [0.15, 0.2) is 89.5 Å². The summed E-state index contributed by atoms with van der Waals surface area (Å²) in [6.07, 6.45) is 2.09. The lowest BCUT2D eigenvalue weighted by molar-refractivity contribution is 0.669. The van der Waals surface area contributed by atoms with Gasteiger partial charge in [0.05, 0.1) is 14.5 Å². The first kappa shape index (κ1) is 17.0. The third kappa shape index (κ3) is 2.84. The van der Waals surface area contributed by atoms with E-state index in [1.807, 2.05) is 12.1 Å². The summed E-state index contributed by atoms with van der Waals surface area (Å²) in [6, 6.07) is 27.4. The van der Waals surface area contributed by atoms with Crippen molar-refractivity contribution in [3.8, 4) is 22.4 Å². The predicted octanol–water partition coefficient (Wildman–Crippen LogP) is 6.01. The maximum atomic E-state index is 5.97. The fourth-order valence-corrected chi connectivity index (χ4v) is 5.08. The second-order valence-corrected chi connectivity index (χ2v) is 10.4. The van der Waals surface area contributed by atoms with Crippen LogP contribution in [0.5, 0.6) is 0 Å². The van der Waals surface area contributed by atoms with Crippen LogP contribution in [0.4, 0.5) is 0 Å². The lowest BCUT2D eigenvalue weighted by Crippen LogP contribution is -2.25. The number of benzene rings is 3. The number of nitrogens with zero attached hydrogens (tertiary/aromatic N) is 1. The van der Waals surface area contributed by atoms with Crippen molar-refractivity contribution in [1.82, 2.24) is 4.98 Å². The zero-order chi connectivity index (χ0) is 19.1. The topological polar surface area (TPSA) is 26.0 Å². The van der Waals surface area contributed by atoms with Gasteiger partial charge in [0.25, 0.3) is 0 Å². The fraction of sp³-hybridized carbons (Fsp3) is 0.0800. The lowest BCUT2D eigenvalue weighted by atomic mass is 10.0. The molecule has 28 heavy (non-hydrogen) atoms. The van der Waals surface area contributed by atoms with Gasteiger partial charge in [-0.05, 0) is 46.6 Å². The van der Waals surface area contributed by atoms with Crippen molar-refractivity contribution in [2.45, 2.75) is 13.1 Å². The molecule has 0 radical (unpaired) electrons. The molecule has 3 aromatic carbocycles. The lowest BCUT2D eigenvalue weighted by Gasteiger charge is -2.14. The standard InChI is InChI=1S/C25H21NOSi/c1-28(2)25-16-26-22(15-20(25)17-8-4-3-5-9-17)18-12-13-24-21(14-18)19-10-6-7-11-23(19)27-24/h3-16,28H,1-2H3. The van der Waals surface area contributed by atoms with E-state index in [4.69, 9.17) is 9.40 Å². The molecule has 0 aliphatic heterocycles. The van der Waals surface area contributed by atoms with E-state index < -0.39 is 8.80 Å². The third-order valence-corrected chi connectivity index (χ3v) is 7.02. The van der Waals surface area contributed by atoms with Crippen molar-refractivity contribution in [2.75, 3.05) is 0 Å². The maximum Gasteiger partial charge on any atom is 0.135 e. The van der Waals surface area contributed by atoms with Crippen molar-refractivity contribution in [2.24, 2.45) is 0 Å². The Balaban J connectivity index is 1.70. The molecule has 0 spiro atoms. The Morgan fingerprint density at radius 3 is 2.29 bits per heavy atom. The highest BCUT2D eigenvalue weighted by atomic mass is 28.3. The molecule has 0 saturated heterocycles. The molecule has 0 amide bonds. The van der Waals surface area contributed by atoms with Crippen LogP contribution in [0, 0.1) is 0 Å². The molecule has 5 rings (SSSR count). The first-order valence-electron chi connectivity index (χ1n) is 9.68. The van der Waals surface area contributed by atoms with Crippen LogP contribution in [-0.2, 0) is 0 Å². The first-order chi connectivity index (χ1) is 13.7. The van der Waals surface area contributed by atoms with Gasteiger partial charge in [-0.1, -0.05) is 61.6 Å². The molecule has 3 heteroatoms. The van der Waals surface area contributed by atoms with Crippen molar-refractivity contribution in [1.29, 1.82) is 0 Å². The van der Waals surface area contributed by atoms with Crippen LogP contribution in [0.1, 0.15) is 0 Å². The first-order valence-corrected chi connectivity index (χ1v) is 12.6. The van der Waals surface area contributed by atoms with Gasteiger partial charge in [-0.25, -0.2) is 0 Å². The van der Waals surface area contributed by atoms with Crippen LogP contribution in [-0.4, -0.2) is 13.8 Å². The van der Waals surface area contributed by atoms with Crippen LogP contribution in [0.2, 0.25) is 13.1 Å². The minimum Gasteiger partial charge on any atom is -0.456 e. The largest absolute Gasteiger partial charge is 0.456 e. The van der Waals surface area contributed by atoms with Gasteiger partial charge >= 0.3 is 0 Å². The Morgan fingerprint density at radius 2 is 1.46 bits per heavy atom. The summed E-state index contributed by atoms with van der Waals surface area (Å²) in [4.78, 5) is 4.83. The van der Waals surface area contributed by atoms with Gasteiger partial charge in [0.1, 0.15) is 11.2 Å². The summed E-state index contributed by atoms with van der Waals surface area (Å²) in [7, 11) is -0.994. The maximum absolute atomic E-state index is 5.97. The predicted molar refractivity (Wildman–Crippen MR) is 121 cm³/mol. The van der Waals surface area contributed by atoms with Crippen molar-refractivity contribution < 1.29 is 4.42 Å².